The third kappa shape index (κ3) is 5.56. The molecule has 0 saturated heterocycles. The van der Waals surface area contributed by atoms with Crippen molar-refractivity contribution in [2.45, 2.75) is 50.4 Å². The van der Waals surface area contributed by atoms with E-state index < -0.39 is 0 Å². The Bertz CT molecular complexity index is 3290. The van der Waals surface area contributed by atoms with Crippen molar-refractivity contribution in [2.75, 3.05) is 4.90 Å². The Morgan fingerprint density at radius 2 is 1.06 bits per heavy atom. The van der Waals surface area contributed by atoms with E-state index in [1.807, 2.05) is 0 Å². The molecule has 1 saturated carbocycles. The maximum atomic E-state index is 2.62. The maximum Gasteiger partial charge on any atom is 0.0782 e. The van der Waals surface area contributed by atoms with Gasteiger partial charge >= 0.3 is 0 Å². The van der Waals surface area contributed by atoms with E-state index in [0.29, 0.717) is 5.92 Å². The van der Waals surface area contributed by atoms with E-state index in [4.69, 9.17) is 0 Å². The molecule has 0 amide bonds. The molecule has 1 aromatic heterocycles. The minimum Gasteiger partial charge on any atom is -0.307 e. The maximum absolute atomic E-state index is 2.62. The summed E-state index contributed by atoms with van der Waals surface area (Å²) in [6.07, 6.45) is 6.45. The molecule has 2 heteroatoms. The predicted molar refractivity (Wildman–Crippen MR) is 262 cm³/mol. The lowest BCUT2D eigenvalue weighted by Gasteiger charge is -2.32. The SMILES string of the molecule is CC1(c2ccccc2)c2ccccc2-c2c(N(c3ccccc3-c3cccc4cccc(C5CCCCC5)c34)c3cccc4c5ccccc5n(-c5ccccc5)c34)cccc21. The molecule has 0 radical (unpaired) electrons. The van der Waals surface area contributed by atoms with E-state index in [2.05, 4.69) is 223 Å². The zero-order valence-corrected chi connectivity index (χ0v) is 35.1. The second-order valence-electron chi connectivity index (χ2n) is 17.5. The Balaban J connectivity index is 1.21. The summed E-state index contributed by atoms with van der Waals surface area (Å²) < 4.78 is 2.49. The standard InChI is InChI=1S/C60H48N2/c1-60(43-25-7-3-8-26-43)51-35-14-11-31-50(51)58-52(60)36-20-39-55(58)62(56-40-19-34-49-47-30-13-15-37-53(47)61(59(49)56)44-27-9-4-10-28-44)54-38-16-12-29-46(54)48-33-18-24-42-23-17-32-45(57(42)48)41-21-5-2-6-22-41/h3-4,7-20,23-41H,2,5-6,21-22H2,1H3. The van der Waals surface area contributed by atoms with E-state index in [9.17, 15) is 0 Å². The highest BCUT2D eigenvalue weighted by Gasteiger charge is 2.43. The van der Waals surface area contributed by atoms with Crippen molar-refractivity contribution in [1.29, 1.82) is 0 Å². The van der Waals surface area contributed by atoms with Gasteiger partial charge in [-0.15, -0.1) is 0 Å². The molecule has 1 atom stereocenters. The molecular weight excluding hydrogens is 749 g/mol. The minimum atomic E-state index is -0.343. The molecule has 1 unspecified atom stereocenters. The van der Waals surface area contributed by atoms with Gasteiger partial charge in [-0.2, -0.15) is 0 Å². The van der Waals surface area contributed by atoms with Crippen molar-refractivity contribution in [3.8, 4) is 27.9 Å². The molecule has 1 heterocycles. The lowest BCUT2D eigenvalue weighted by atomic mass is 9.74. The van der Waals surface area contributed by atoms with Gasteiger partial charge in [-0.1, -0.05) is 189 Å². The van der Waals surface area contributed by atoms with Gasteiger partial charge < -0.3 is 9.47 Å². The van der Waals surface area contributed by atoms with E-state index in [1.54, 1.807) is 0 Å². The largest absolute Gasteiger partial charge is 0.307 e. The third-order valence-corrected chi connectivity index (χ3v) is 14.3. The zero-order valence-electron chi connectivity index (χ0n) is 35.1. The van der Waals surface area contributed by atoms with Gasteiger partial charge in [0.2, 0.25) is 0 Å². The van der Waals surface area contributed by atoms with Crippen molar-refractivity contribution in [3.63, 3.8) is 0 Å². The molecule has 0 aliphatic heterocycles. The monoisotopic (exact) mass is 796 g/mol. The number of para-hydroxylation sites is 4. The van der Waals surface area contributed by atoms with E-state index >= 15 is 0 Å². The van der Waals surface area contributed by atoms with Gasteiger partial charge in [-0.25, -0.2) is 0 Å². The molecule has 0 spiro atoms. The summed E-state index contributed by atoms with van der Waals surface area (Å²) in [4.78, 5) is 2.62. The van der Waals surface area contributed by atoms with Crippen LogP contribution < -0.4 is 4.90 Å². The van der Waals surface area contributed by atoms with Crippen LogP contribution in [0.15, 0.2) is 206 Å². The van der Waals surface area contributed by atoms with Crippen molar-refractivity contribution in [1.82, 2.24) is 4.57 Å². The molecule has 12 rings (SSSR count). The van der Waals surface area contributed by atoms with E-state index in [0.717, 1.165) is 17.1 Å². The fourth-order valence-corrected chi connectivity index (χ4v) is 11.5. The number of benzene rings is 9. The van der Waals surface area contributed by atoms with Crippen LogP contribution in [0.2, 0.25) is 0 Å². The molecule has 298 valence electrons. The summed E-state index contributed by atoms with van der Waals surface area (Å²) in [5.74, 6) is 0.566. The number of fused-ring (bicyclic) bond motifs is 7. The van der Waals surface area contributed by atoms with Crippen LogP contribution in [-0.2, 0) is 5.41 Å². The van der Waals surface area contributed by atoms with E-state index in [1.165, 1.54) is 115 Å². The van der Waals surface area contributed by atoms with Gasteiger partial charge in [0.15, 0.2) is 0 Å². The Labute approximate surface area is 364 Å². The predicted octanol–water partition coefficient (Wildman–Crippen LogP) is 16.5. The van der Waals surface area contributed by atoms with Crippen molar-refractivity contribution in [3.05, 3.63) is 229 Å². The van der Waals surface area contributed by atoms with Gasteiger partial charge in [0.25, 0.3) is 0 Å². The molecule has 9 aromatic carbocycles. The first-order chi connectivity index (χ1) is 30.7. The topological polar surface area (TPSA) is 8.17 Å². The smallest absolute Gasteiger partial charge is 0.0782 e. The van der Waals surface area contributed by atoms with Crippen LogP contribution in [0, 0.1) is 0 Å². The Hall–Kier alpha value is -7.16. The highest BCUT2D eigenvalue weighted by Crippen LogP contribution is 2.58. The van der Waals surface area contributed by atoms with Crippen LogP contribution in [0.25, 0.3) is 60.5 Å². The van der Waals surface area contributed by atoms with Gasteiger partial charge in [0.1, 0.15) is 0 Å². The lowest BCUT2D eigenvalue weighted by Crippen LogP contribution is -2.22. The molecule has 0 bridgehead atoms. The number of hydrogen-bond donors (Lipinski definition) is 0. The first-order valence-electron chi connectivity index (χ1n) is 22.5. The third-order valence-electron chi connectivity index (χ3n) is 14.3. The first kappa shape index (κ1) is 36.7. The van der Waals surface area contributed by atoms with Crippen LogP contribution in [0.5, 0.6) is 0 Å². The normalized spacial score (nSPS) is 16.1. The van der Waals surface area contributed by atoms with Crippen LogP contribution in [0.3, 0.4) is 0 Å². The number of anilines is 3. The first-order valence-corrected chi connectivity index (χ1v) is 22.5. The second-order valence-corrected chi connectivity index (χ2v) is 17.5. The molecular formula is C60H48N2. The van der Waals surface area contributed by atoms with Crippen LogP contribution >= 0.6 is 0 Å². The minimum absolute atomic E-state index is 0.343. The molecule has 62 heavy (non-hydrogen) atoms. The van der Waals surface area contributed by atoms with Crippen LogP contribution in [0.4, 0.5) is 17.1 Å². The average Bonchev–Trinajstić information content (AvgIpc) is 3.83. The van der Waals surface area contributed by atoms with Gasteiger partial charge in [-0.3, -0.25) is 0 Å². The lowest BCUT2D eigenvalue weighted by molar-refractivity contribution is 0.445. The number of hydrogen-bond acceptors (Lipinski definition) is 1. The van der Waals surface area contributed by atoms with Gasteiger partial charge in [0, 0.05) is 33.0 Å². The molecule has 2 aliphatic rings. The average molecular weight is 797 g/mol. The summed E-state index contributed by atoms with van der Waals surface area (Å²) in [7, 11) is 0. The number of nitrogens with zero attached hydrogens (tertiary/aromatic N) is 2. The Kier molecular flexibility index (Phi) is 8.74. The van der Waals surface area contributed by atoms with E-state index in [-0.39, 0.29) is 5.41 Å². The number of aromatic nitrogens is 1. The summed E-state index contributed by atoms with van der Waals surface area (Å²) in [6.45, 7) is 2.42. The zero-order chi connectivity index (χ0) is 41.2. The van der Waals surface area contributed by atoms with Crippen LogP contribution in [-0.4, -0.2) is 4.57 Å². The Morgan fingerprint density at radius 1 is 0.468 bits per heavy atom. The fraction of sp³-hybridized carbons (Fsp3) is 0.133. The molecule has 2 nitrogen and oxygen atoms in total. The summed E-state index contributed by atoms with van der Waals surface area (Å²) >= 11 is 0. The second kappa shape index (κ2) is 14.8. The fourth-order valence-electron chi connectivity index (χ4n) is 11.5. The number of rotatable bonds is 7. The van der Waals surface area contributed by atoms with Crippen LogP contribution in [0.1, 0.15) is 67.2 Å². The highest BCUT2D eigenvalue weighted by atomic mass is 15.2. The quantitative estimate of drug-likeness (QED) is 0.156. The summed E-state index contributed by atoms with van der Waals surface area (Å²) in [6, 6.07) is 77.2. The Morgan fingerprint density at radius 3 is 1.90 bits per heavy atom. The van der Waals surface area contributed by atoms with Crippen molar-refractivity contribution < 1.29 is 0 Å². The summed E-state index contributed by atoms with van der Waals surface area (Å²) in [5.41, 5.74) is 17.2. The molecule has 10 aromatic rings. The van der Waals surface area contributed by atoms with Crippen molar-refractivity contribution >= 4 is 49.6 Å². The molecule has 0 N–H and O–H groups in total. The van der Waals surface area contributed by atoms with Crippen molar-refractivity contribution in [2.24, 2.45) is 0 Å². The molecule has 1 fully saturated rings. The van der Waals surface area contributed by atoms with Gasteiger partial charge in [0.05, 0.1) is 28.1 Å². The highest BCUT2D eigenvalue weighted by molar-refractivity contribution is 6.16. The summed E-state index contributed by atoms with van der Waals surface area (Å²) in [5, 5.41) is 5.18. The molecule has 2 aliphatic carbocycles. The van der Waals surface area contributed by atoms with Gasteiger partial charge in [-0.05, 0) is 106 Å².